The Labute approximate surface area is 177 Å². The number of hydrogen-bond acceptors (Lipinski definition) is 7. The fraction of sp³-hybridized carbons (Fsp3) is 0.273. The molecule has 0 aliphatic carbocycles. The van der Waals surface area contributed by atoms with E-state index in [4.69, 9.17) is 9.26 Å². The van der Waals surface area contributed by atoms with Crippen LogP contribution in [0.1, 0.15) is 22.5 Å². The van der Waals surface area contributed by atoms with Gasteiger partial charge in [0.1, 0.15) is 11.3 Å². The minimum Gasteiger partial charge on any atom is -0.374 e. The standard InChI is InChI=1S/C22H20N6O3/c1-13-5-6-14(21-25-22(26-31-21)28-11-16-9-15(28)12-30-16)8-17(13)24-20(29)18-10-23-19-4-2-3-7-27(18)19/h2-8,10,15-16H,9,11-12H2,1H3,(H,24,29)/t15-,16+/m1/s1. The highest BCUT2D eigenvalue weighted by Crippen LogP contribution is 2.32. The van der Waals surface area contributed by atoms with E-state index < -0.39 is 0 Å². The number of pyridine rings is 1. The van der Waals surface area contributed by atoms with Crippen LogP contribution in [-0.4, -0.2) is 50.7 Å². The Balaban J connectivity index is 1.26. The van der Waals surface area contributed by atoms with Gasteiger partial charge in [-0.1, -0.05) is 12.1 Å². The lowest BCUT2D eigenvalue weighted by Gasteiger charge is -2.24. The minimum absolute atomic E-state index is 0.238. The smallest absolute Gasteiger partial charge is 0.274 e. The topological polar surface area (TPSA) is 97.8 Å². The van der Waals surface area contributed by atoms with Crippen molar-refractivity contribution in [1.29, 1.82) is 0 Å². The quantitative estimate of drug-likeness (QED) is 0.546. The van der Waals surface area contributed by atoms with Crippen molar-refractivity contribution in [2.45, 2.75) is 25.5 Å². The molecule has 9 nitrogen and oxygen atoms in total. The zero-order valence-electron chi connectivity index (χ0n) is 16.9. The molecule has 1 N–H and O–H groups in total. The van der Waals surface area contributed by atoms with Crippen molar-refractivity contribution >= 4 is 23.2 Å². The molecule has 0 spiro atoms. The van der Waals surface area contributed by atoms with Gasteiger partial charge < -0.3 is 19.5 Å². The van der Waals surface area contributed by atoms with E-state index in [1.165, 1.54) is 0 Å². The average Bonchev–Trinajstić information content (AvgIpc) is 3.57. The van der Waals surface area contributed by atoms with Crippen LogP contribution in [0.4, 0.5) is 11.6 Å². The Kier molecular flexibility index (Phi) is 4.03. The molecule has 3 aromatic heterocycles. The van der Waals surface area contributed by atoms with Crippen molar-refractivity contribution < 1.29 is 14.1 Å². The van der Waals surface area contributed by atoms with E-state index in [0.29, 0.717) is 35.9 Å². The highest BCUT2D eigenvalue weighted by Gasteiger charge is 2.41. The van der Waals surface area contributed by atoms with E-state index in [1.807, 2.05) is 49.5 Å². The SMILES string of the molecule is Cc1ccc(-c2nc(N3C[C@@H]4C[C@@H]3CO4)no2)cc1NC(=O)c1cnc2ccccn12. The number of carbonyl (C=O) groups excluding carboxylic acids is 1. The van der Waals surface area contributed by atoms with Gasteiger partial charge in [0, 0.05) is 24.0 Å². The van der Waals surface area contributed by atoms with Crippen molar-refractivity contribution in [3.63, 3.8) is 0 Å². The Morgan fingerprint density at radius 1 is 1.26 bits per heavy atom. The normalized spacial score (nSPS) is 20.0. The maximum Gasteiger partial charge on any atom is 0.274 e. The Morgan fingerprint density at radius 2 is 2.19 bits per heavy atom. The summed E-state index contributed by atoms with van der Waals surface area (Å²) in [7, 11) is 0. The number of morpholine rings is 1. The first-order valence-corrected chi connectivity index (χ1v) is 10.2. The van der Waals surface area contributed by atoms with Gasteiger partial charge in [0.2, 0.25) is 0 Å². The molecule has 4 aromatic rings. The number of carbonyl (C=O) groups is 1. The van der Waals surface area contributed by atoms with Crippen LogP contribution in [0.2, 0.25) is 0 Å². The molecule has 1 amide bonds. The number of aromatic nitrogens is 4. The van der Waals surface area contributed by atoms with Crippen LogP contribution < -0.4 is 10.2 Å². The van der Waals surface area contributed by atoms with Crippen LogP contribution in [0, 0.1) is 6.92 Å². The first-order valence-electron chi connectivity index (χ1n) is 10.2. The number of ether oxygens (including phenoxy) is 1. The monoisotopic (exact) mass is 416 g/mol. The summed E-state index contributed by atoms with van der Waals surface area (Å²) in [5.41, 5.74) is 3.55. The van der Waals surface area contributed by atoms with Crippen LogP contribution in [0.25, 0.3) is 17.1 Å². The van der Waals surface area contributed by atoms with Gasteiger partial charge >= 0.3 is 0 Å². The van der Waals surface area contributed by atoms with Crippen LogP contribution in [0.3, 0.4) is 0 Å². The van der Waals surface area contributed by atoms with Crippen LogP contribution in [0.15, 0.2) is 53.3 Å². The zero-order chi connectivity index (χ0) is 20.9. The summed E-state index contributed by atoms with van der Waals surface area (Å²) in [6.45, 7) is 3.44. The molecule has 2 bridgehead atoms. The number of fused-ring (bicyclic) bond motifs is 3. The largest absolute Gasteiger partial charge is 0.374 e. The van der Waals surface area contributed by atoms with E-state index in [9.17, 15) is 4.79 Å². The van der Waals surface area contributed by atoms with Crippen molar-refractivity contribution in [3.05, 3.63) is 60.0 Å². The van der Waals surface area contributed by atoms with Crippen LogP contribution in [0.5, 0.6) is 0 Å². The summed E-state index contributed by atoms with van der Waals surface area (Å²) in [5, 5.41) is 7.15. The predicted molar refractivity (Wildman–Crippen MR) is 113 cm³/mol. The van der Waals surface area contributed by atoms with Gasteiger partial charge in [-0.3, -0.25) is 9.20 Å². The number of nitrogens with one attached hydrogen (secondary N) is 1. The molecule has 2 fully saturated rings. The molecule has 2 atom stereocenters. The van der Waals surface area contributed by atoms with Crippen molar-refractivity contribution in [2.24, 2.45) is 0 Å². The molecule has 1 aromatic carbocycles. The van der Waals surface area contributed by atoms with Crippen molar-refractivity contribution in [2.75, 3.05) is 23.4 Å². The fourth-order valence-electron chi connectivity index (χ4n) is 4.27. The summed E-state index contributed by atoms with van der Waals surface area (Å²) < 4.78 is 12.9. The van der Waals surface area contributed by atoms with E-state index in [2.05, 4.69) is 25.3 Å². The zero-order valence-corrected chi connectivity index (χ0v) is 16.9. The number of rotatable bonds is 4. The van der Waals surface area contributed by atoms with Crippen molar-refractivity contribution in [1.82, 2.24) is 19.5 Å². The third-order valence-electron chi connectivity index (χ3n) is 5.95. The number of amides is 1. The Hall–Kier alpha value is -3.72. The summed E-state index contributed by atoms with van der Waals surface area (Å²) in [6, 6.07) is 11.6. The molecule has 0 saturated carbocycles. The second-order valence-corrected chi connectivity index (χ2v) is 7.95. The number of hydrogen-bond donors (Lipinski definition) is 1. The number of imidazole rings is 1. The van der Waals surface area contributed by atoms with Gasteiger partial charge in [-0.15, -0.1) is 0 Å². The molecule has 9 heteroatoms. The summed E-state index contributed by atoms with van der Waals surface area (Å²) in [6.07, 6.45) is 4.65. The summed E-state index contributed by atoms with van der Waals surface area (Å²) >= 11 is 0. The Bertz CT molecular complexity index is 1300. The summed E-state index contributed by atoms with van der Waals surface area (Å²) in [4.78, 5) is 23.9. The number of aryl methyl sites for hydroxylation is 1. The molecular weight excluding hydrogens is 396 g/mol. The molecule has 6 rings (SSSR count). The maximum absolute atomic E-state index is 12.9. The fourth-order valence-corrected chi connectivity index (χ4v) is 4.27. The lowest BCUT2D eigenvalue weighted by molar-refractivity contribution is 0.0984. The lowest BCUT2D eigenvalue weighted by atomic mass is 10.1. The molecule has 156 valence electrons. The van der Waals surface area contributed by atoms with E-state index >= 15 is 0 Å². The van der Waals surface area contributed by atoms with E-state index in [1.54, 1.807) is 10.6 Å². The molecule has 31 heavy (non-hydrogen) atoms. The van der Waals surface area contributed by atoms with Gasteiger partial charge in [0.15, 0.2) is 0 Å². The van der Waals surface area contributed by atoms with Crippen LogP contribution >= 0.6 is 0 Å². The molecule has 0 unspecified atom stereocenters. The van der Waals surface area contributed by atoms with Crippen LogP contribution in [-0.2, 0) is 4.74 Å². The third-order valence-corrected chi connectivity index (χ3v) is 5.95. The molecule has 2 aliphatic rings. The maximum atomic E-state index is 12.9. The molecule has 2 aliphatic heterocycles. The minimum atomic E-state index is -0.238. The van der Waals surface area contributed by atoms with E-state index in [0.717, 1.165) is 29.7 Å². The molecule has 0 radical (unpaired) electrons. The second kappa shape index (κ2) is 6.92. The van der Waals surface area contributed by atoms with Gasteiger partial charge in [-0.05, 0) is 48.3 Å². The highest BCUT2D eigenvalue weighted by atomic mass is 16.5. The van der Waals surface area contributed by atoms with Gasteiger partial charge in [0.25, 0.3) is 17.7 Å². The Morgan fingerprint density at radius 3 is 3.03 bits per heavy atom. The highest BCUT2D eigenvalue weighted by molar-refractivity contribution is 6.04. The number of benzene rings is 1. The molecular formula is C22H20N6O3. The predicted octanol–water partition coefficient (Wildman–Crippen LogP) is 2.92. The molecule has 2 saturated heterocycles. The van der Waals surface area contributed by atoms with Gasteiger partial charge in [0.05, 0.1) is 24.9 Å². The number of nitrogens with zero attached hydrogens (tertiary/aromatic N) is 5. The summed E-state index contributed by atoms with van der Waals surface area (Å²) in [5.74, 6) is 0.768. The number of anilines is 2. The molecule has 5 heterocycles. The van der Waals surface area contributed by atoms with Crippen molar-refractivity contribution in [3.8, 4) is 11.5 Å². The first kappa shape index (κ1) is 18.1. The van der Waals surface area contributed by atoms with Gasteiger partial charge in [-0.2, -0.15) is 4.98 Å². The third kappa shape index (κ3) is 3.05. The van der Waals surface area contributed by atoms with E-state index in [-0.39, 0.29) is 12.0 Å². The second-order valence-electron chi connectivity index (χ2n) is 7.95. The first-order chi connectivity index (χ1) is 15.2. The lowest BCUT2D eigenvalue weighted by Crippen LogP contribution is -2.37. The average molecular weight is 416 g/mol. The van der Waals surface area contributed by atoms with Gasteiger partial charge in [-0.25, -0.2) is 4.98 Å².